The van der Waals surface area contributed by atoms with Gasteiger partial charge in [-0.25, -0.2) is 4.68 Å². The summed E-state index contributed by atoms with van der Waals surface area (Å²) in [6.07, 6.45) is -0.0382. The number of aryl methyl sites for hydroxylation is 1. The van der Waals surface area contributed by atoms with Crippen LogP contribution >= 0.6 is 0 Å². The lowest BCUT2D eigenvalue weighted by Gasteiger charge is -2.13. The van der Waals surface area contributed by atoms with Crippen molar-refractivity contribution >= 4 is 5.78 Å². The number of benzene rings is 2. The van der Waals surface area contributed by atoms with Gasteiger partial charge in [0.2, 0.25) is 0 Å². The van der Waals surface area contributed by atoms with Gasteiger partial charge in [0.25, 0.3) is 0 Å². The van der Waals surface area contributed by atoms with Gasteiger partial charge in [-0.15, -0.1) is 5.10 Å². The number of ketones is 1. The maximum absolute atomic E-state index is 13.2. The summed E-state index contributed by atoms with van der Waals surface area (Å²) in [4.78, 5) is 12.5. The number of nitrogens with zero attached hydrogens (tertiary/aromatic N) is 3. The molecule has 0 atom stereocenters. The highest BCUT2D eigenvalue weighted by Gasteiger charge is 2.33. The molecule has 164 valence electrons. The second-order valence-corrected chi connectivity index (χ2v) is 7.30. The van der Waals surface area contributed by atoms with Gasteiger partial charge in [0, 0.05) is 24.5 Å². The summed E-state index contributed by atoms with van der Waals surface area (Å²) in [5.41, 5.74) is 1.41. The average molecular weight is 431 g/mol. The van der Waals surface area contributed by atoms with E-state index in [1.54, 1.807) is 22.9 Å². The summed E-state index contributed by atoms with van der Waals surface area (Å²) in [5, 5.41) is 8.29. The predicted octanol–water partition coefficient (Wildman–Crippen LogP) is 4.99. The summed E-state index contributed by atoms with van der Waals surface area (Å²) in [6, 6.07) is 10.4. The fourth-order valence-electron chi connectivity index (χ4n) is 3.36. The lowest BCUT2D eigenvalue weighted by Crippen LogP contribution is -2.14. The minimum atomic E-state index is -4.50. The quantitative estimate of drug-likeness (QED) is 0.479. The molecule has 0 aliphatic carbocycles. The average Bonchev–Trinajstić information content (AvgIpc) is 3.21. The number of hydrogen-bond donors (Lipinski definition) is 0. The molecule has 0 aliphatic rings. The highest BCUT2D eigenvalue weighted by atomic mass is 19.4. The number of carbonyl (C=O) groups is 1. The molecule has 1 heterocycles. The van der Waals surface area contributed by atoms with Gasteiger partial charge in [0.15, 0.2) is 0 Å². The van der Waals surface area contributed by atoms with Gasteiger partial charge in [0.05, 0.1) is 30.3 Å². The van der Waals surface area contributed by atoms with Crippen molar-refractivity contribution in [3.8, 4) is 11.4 Å². The summed E-state index contributed by atoms with van der Waals surface area (Å²) >= 11 is 0. The Kier molecular flexibility index (Phi) is 7.09. The fourth-order valence-corrected chi connectivity index (χ4v) is 3.36. The van der Waals surface area contributed by atoms with Crippen molar-refractivity contribution in [2.24, 2.45) is 0 Å². The Bertz CT molecular complexity index is 1040. The third kappa shape index (κ3) is 5.71. The standard InChI is InChI=1S/C23H24F3N3O2/c1-3-4-8-18-15-29(28-27-18)19-11-10-17(22(14-19)31-2)13-20(30)12-16-7-5-6-9-21(16)23(24,25)26/h5-7,9-11,14-15H,3-4,8,12-13H2,1-2H3. The van der Waals surface area contributed by atoms with Crippen LogP contribution in [0.5, 0.6) is 5.75 Å². The Morgan fingerprint density at radius 2 is 1.84 bits per heavy atom. The van der Waals surface area contributed by atoms with Gasteiger partial charge >= 0.3 is 6.18 Å². The molecule has 0 radical (unpaired) electrons. The topological polar surface area (TPSA) is 57.0 Å². The number of methoxy groups -OCH3 is 1. The monoisotopic (exact) mass is 431 g/mol. The lowest BCUT2D eigenvalue weighted by molar-refractivity contribution is -0.138. The first kappa shape index (κ1) is 22.5. The van der Waals surface area contributed by atoms with Crippen molar-refractivity contribution in [3.05, 3.63) is 71.0 Å². The van der Waals surface area contributed by atoms with Crippen molar-refractivity contribution in [3.63, 3.8) is 0 Å². The fraction of sp³-hybridized carbons (Fsp3) is 0.348. The van der Waals surface area contributed by atoms with Crippen molar-refractivity contribution in [1.29, 1.82) is 0 Å². The second-order valence-electron chi connectivity index (χ2n) is 7.30. The van der Waals surface area contributed by atoms with Crippen LogP contribution in [-0.2, 0) is 30.2 Å². The number of halogens is 3. The van der Waals surface area contributed by atoms with Crippen LogP contribution in [0.3, 0.4) is 0 Å². The number of unbranched alkanes of at least 4 members (excludes halogenated alkanes) is 1. The van der Waals surface area contributed by atoms with E-state index < -0.39 is 11.7 Å². The predicted molar refractivity (Wildman–Crippen MR) is 110 cm³/mol. The highest BCUT2D eigenvalue weighted by molar-refractivity contribution is 5.84. The van der Waals surface area contributed by atoms with Crippen LogP contribution in [0.15, 0.2) is 48.7 Å². The molecule has 31 heavy (non-hydrogen) atoms. The third-order valence-corrected chi connectivity index (χ3v) is 4.96. The highest BCUT2D eigenvalue weighted by Crippen LogP contribution is 2.32. The van der Waals surface area contributed by atoms with Crippen molar-refractivity contribution < 1.29 is 22.7 Å². The molecular weight excluding hydrogens is 407 g/mol. The molecule has 0 spiro atoms. The van der Waals surface area contributed by atoms with Gasteiger partial charge in [-0.1, -0.05) is 42.8 Å². The summed E-state index contributed by atoms with van der Waals surface area (Å²) in [5.74, 6) is 0.144. The van der Waals surface area contributed by atoms with Crippen LogP contribution in [0.25, 0.3) is 5.69 Å². The molecule has 3 aromatic rings. The molecule has 0 saturated heterocycles. The van der Waals surface area contributed by atoms with E-state index in [-0.39, 0.29) is 24.2 Å². The zero-order valence-corrected chi connectivity index (χ0v) is 17.4. The van der Waals surface area contributed by atoms with Gasteiger partial charge in [-0.2, -0.15) is 13.2 Å². The van der Waals surface area contributed by atoms with Gasteiger partial charge in [-0.3, -0.25) is 4.79 Å². The SMILES string of the molecule is CCCCc1cn(-c2ccc(CC(=O)Cc3ccccc3C(F)(F)F)c(OC)c2)nn1. The number of hydrogen-bond acceptors (Lipinski definition) is 4. The van der Waals surface area contributed by atoms with Crippen molar-refractivity contribution in [2.45, 2.75) is 45.2 Å². The Balaban J connectivity index is 1.75. The summed E-state index contributed by atoms with van der Waals surface area (Å²) < 4.78 is 46.6. The van der Waals surface area contributed by atoms with Crippen LogP contribution in [0.1, 0.15) is 42.1 Å². The van der Waals surface area contributed by atoms with Crippen LogP contribution in [-0.4, -0.2) is 27.9 Å². The molecule has 0 amide bonds. The number of alkyl halides is 3. The van der Waals surface area contributed by atoms with E-state index in [0.717, 1.165) is 36.7 Å². The summed E-state index contributed by atoms with van der Waals surface area (Å²) in [6.45, 7) is 2.11. The molecular formula is C23H24F3N3O2. The maximum atomic E-state index is 13.2. The molecule has 0 bridgehead atoms. The molecule has 5 nitrogen and oxygen atoms in total. The van der Waals surface area contributed by atoms with E-state index in [1.807, 2.05) is 6.20 Å². The first-order valence-corrected chi connectivity index (χ1v) is 10.1. The van der Waals surface area contributed by atoms with Gasteiger partial charge in [-0.05, 0) is 30.5 Å². The minimum Gasteiger partial charge on any atom is -0.496 e. The molecule has 0 unspecified atom stereocenters. The Morgan fingerprint density at radius 3 is 2.55 bits per heavy atom. The van der Waals surface area contributed by atoms with Gasteiger partial charge < -0.3 is 4.74 Å². The number of aromatic nitrogens is 3. The Labute approximate surface area is 178 Å². The Hall–Kier alpha value is -3.16. The van der Waals surface area contributed by atoms with E-state index in [1.165, 1.54) is 25.3 Å². The number of Topliss-reactive ketones (excluding diaryl/α,β-unsaturated/α-hetero) is 1. The first-order valence-electron chi connectivity index (χ1n) is 10.1. The molecule has 2 aromatic carbocycles. The number of rotatable bonds is 9. The van der Waals surface area contributed by atoms with Crippen LogP contribution in [0, 0.1) is 0 Å². The molecule has 1 aromatic heterocycles. The zero-order valence-electron chi connectivity index (χ0n) is 17.4. The minimum absolute atomic E-state index is 0.0298. The maximum Gasteiger partial charge on any atom is 0.416 e. The molecule has 0 N–H and O–H groups in total. The second kappa shape index (κ2) is 9.76. The summed E-state index contributed by atoms with van der Waals surface area (Å²) in [7, 11) is 1.49. The smallest absolute Gasteiger partial charge is 0.416 e. The number of carbonyl (C=O) groups excluding carboxylic acids is 1. The Morgan fingerprint density at radius 1 is 1.10 bits per heavy atom. The van der Waals surface area contributed by atoms with E-state index in [2.05, 4.69) is 17.2 Å². The zero-order chi connectivity index (χ0) is 22.4. The lowest BCUT2D eigenvalue weighted by atomic mass is 9.98. The van der Waals surface area contributed by atoms with Crippen LogP contribution in [0.4, 0.5) is 13.2 Å². The molecule has 8 heteroatoms. The van der Waals surface area contributed by atoms with E-state index in [4.69, 9.17) is 4.74 Å². The van der Waals surface area contributed by atoms with Crippen molar-refractivity contribution in [2.75, 3.05) is 7.11 Å². The van der Waals surface area contributed by atoms with Crippen LogP contribution in [0.2, 0.25) is 0 Å². The number of ether oxygens (including phenoxy) is 1. The third-order valence-electron chi connectivity index (χ3n) is 4.96. The molecule has 0 saturated carbocycles. The molecule has 3 rings (SSSR count). The molecule has 0 fully saturated rings. The first-order chi connectivity index (χ1) is 14.8. The van der Waals surface area contributed by atoms with E-state index in [0.29, 0.717) is 11.3 Å². The largest absolute Gasteiger partial charge is 0.496 e. The van der Waals surface area contributed by atoms with Gasteiger partial charge in [0.1, 0.15) is 11.5 Å². The normalized spacial score (nSPS) is 11.5. The van der Waals surface area contributed by atoms with E-state index >= 15 is 0 Å². The van der Waals surface area contributed by atoms with Crippen LogP contribution < -0.4 is 4.74 Å². The molecule has 0 aliphatic heterocycles. The van der Waals surface area contributed by atoms with E-state index in [9.17, 15) is 18.0 Å². The van der Waals surface area contributed by atoms with Crippen molar-refractivity contribution in [1.82, 2.24) is 15.0 Å².